The minimum Gasteiger partial charge on any atom is -0.242 e. The largest absolute Gasteiger partial charge is 0.242 e. The second kappa shape index (κ2) is 6.59. The van der Waals surface area contributed by atoms with E-state index in [0.29, 0.717) is 12.0 Å². The van der Waals surface area contributed by atoms with Gasteiger partial charge in [0.05, 0.1) is 21.8 Å². The minimum atomic E-state index is -1.31. The van der Waals surface area contributed by atoms with Crippen LogP contribution in [0.5, 0.6) is 0 Å². The first-order valence-electron chi connectivity index (χ1n) is 5.86. The highest BCUT2D eigenvalue weighted by Gasteiger charge is 2.25. The normalized spacial score (nSPS) is 15.0. The van der Waals surface area contributed by atoms with Crippen LogP contribution < -0.4 is 4.72 Å². The zero-order valence-corrected chi connectivity index (χ0v) is 12.8. The van der Waals surface area contributed by atoms with Crippen molar-refractivity contribution in [3.05, 3.63) is 41.5 Å². The van der Waals surface area contributed by atoms with Crippen molar-refractivity contribution in [2.75, 3.05) is 0 Å². The van der Waals surface area contributed by atoms with Gasteiger partial charge in [0, 0.05) is 11.8 Å². The average Bonchev–Trinajstić information content (AvgIpc) is 2.31. The molecule has 1 aromatic heterocycles. The van der Waals surface area contributed by atoms with E-state index in [1.54, 1.807) is 6.08 Å². The molecule has 0 amide bonds. The summed E-state index contributed by atoms with van der Waals surface area (Å²) in [5, 5.41) is -0.185. The molecule has 0 spiro atoms. The molecule has 0 aromatic carbocycles. The van der Waals surface area contributed by atoms with Crippen molar-refractivity contribution in [3.8, 4) is 0 Å². The number of halogens is 2. The minimum absolute atomic E-state index is 0.185. The maximum atomic E-state index is 14.0. The molecule has 0 radical (unpaired) electrons. The zero-order valence-electron chi connectivity index (χ0n) is 11.2. The first-order valence-corrected chi connectivity index (χ1v) is 7.39. The van der Waals surface area contributed by atoms with Gasteiger partial charge in [-0.25, -0.2) is 18.3 Å². The Balaban J connectivity index is 3.04. The van der Waals surface area contributed by atoms with E-state index in [-0.39, 0.29) is 5.15 Å². The molecule has 2 atom stereocenters. The molecule has 6 heteroatoms. The van der Waals surface area contributed by atoms with Gasteiger partial charge in [0.15, 0.2) is 11.0 Å². The molecule has 1 rings (SSSR count). The summed E-state index contributed by atoms with van der Waals surface area (Å²) in [4.78, 5) is 3.67. The van der Waals surface area contributed by atoms with Crippen LogP contribution in [-0.4, -0.2) is 13.9 Å². The highest BCUT2D eigenvalue weighted by atomic mass is 35.5. The summed E-state index contributed by atoms with van der Waals surface area (Å²) in [6.07, 6.45) is 3.52. The highest BCUT2D eigenvalue weighted by Crippen LogP contribution is 2.25. The summed E-state index contributed by atoms with van der Waals surface area (Å²) in [5.41, 5.74) is 0.345. The second-order valence-electron chi connectivity index (χ2n) is 5.08. The molecule has 1 N–H and O–H groups in total. The lowest BCUT2D eigenvalue weighted by molar-refractivity contribution is 0.552. The zero-order chi connectivity index (χ0) is 14.6. The Kier molecular flexibility index (Phi) is 5.64. The second-order valence-corrected chi connectivity index (χ2v) is 7.44. The van der Waals surface area contributed by atoms with Crippen molar-refractivity contribution in [2.24, 2.45) is 0 Å². The van der Waals surface area contributed by atoms with Gasteiger partial charge >= 0.3 is 0 Å². The molecule has 0 saturated heterocycles. The lowest BCUT2D eigenvalue weighted by Crippen LogP contribution is -2.36. The van der Waals surface area contributed by atoms with Crippen LogP contribution in [-0.2, 0) is 11.0 Å². The smallest absolute Gasteiger partial charge is 0.165 e. The van der Waals surface area contributed by atoms with Crippen molar-refractivity contribution in [1.82, 2.24) is 9.71 Å². The van der Waals surface area contributed by atoms with Gasteiger partial charge in [-0.1, -0.05) is 17.7 Å². The van der Waals surface area contributed by atoms with Crippen molar-refractivity contribution in [3.63, 3.8) is 0 Å². The Hall–Kier alpha value is -0.780. The molecular formula is C13H18ClFN2OS. The number of pyridine rings is 1. The van der Waals surface area contributed by atoms with Gasteiger partial charge in [-0.2, -0.15) is 0 Å². The van der Waals surface area contributed by atoms with E-state index in [0.717, 1.165) is 0 Å². The lowest BCUT2D eigenvalue weighted by atomic mass is 10.1. The maximum Gasteiger partial charge on any atom is 0.165 e. The monoisotopic (exact) mass is 304 g/mol. The first kappa shape index (κ1) is 16.3. The van der Waals surface area contributed by atoms with Crippen LogP contribution in [0, 0.1) is 5.82 Å². The predicted molar refractivity (Wildman–Crippen MR) is 77.8 cm³/mol. The number of nitrogens with one attached hydrogen (secondary N) is 1. The number of nitrogens with zero attached hydrogens (tertiary/aromatic N) is 1. The Morgan fingerprint density at radius 3 is 2.79 bits per heavy atom. The summed E-state index contributed by atoms with van der Waals surface area (Å²) >= 11 is 5.67. The lowest BCUT2D eigenvalue weighted by Gasteiger charge is -2.24. The van der Waals surface area contributed by atoms with Gasteiger partial charge in [-0.3, -0.25) is 0 Å². The Morgan fingerprint density at radius 2 is 2.26 bits per heavy atom. The van der Waals surface area contributed by atoms with E-state index in [2.05, 4.69) is 16.3 Å². The molecule has 0 aliphatic carbocycles. The molecule has 0 bridgehead atoms. The maximum absolute atomic E-state index is 14.0. The number of rotatable bonds is 5. The summed E-state index contributed by atoms with van der Waals surface area (Å²) < 4.78 is 28.5. The van der Waals surface area contributed by atoms with Crippen LogP contribution in [0.25, 0.3) is 0 Å². The van der Waals surface area contributed by atoms with Crippen LogP contribution in [0.3, 0.4) is 0 Å². The number of hydrogen-bond donors (Lipinski definition) is 1. The fraction of sp³-hybridized carbons (Fsp3) is 0.462. The molecule has 0 aliphatic heterocycles. The van der Waals surface area contributed by atoms with Crippen LogP contribution >= 0.6 is 11.6 Å². The molecule has 0 fully saturated rings. The van der Waals surface area contributed by atoms with E-state index in [1.165, 1.54) is 12.3 Å². The molecular weight excluding hydrogens is 287 g/mol. The average molecular weight is 305 g/mol. The van der Waals surface area contributed by atoms with Gasteiger partial charge in [-0.05, 0) is 33.3 Å². The Bertz CT molecular complexity index is 488. The summed E-state index contributed by atoms with van der Waals surface area (Å²) in [5.74, 6) is -0.588. The first-order chi connectivity index (χ1) is 8.77. The third-order valence-corrected chi connectivity index (χ3v) is 4.33. The fourth-order valence-electron chi connectivity index (χ4n) is 1.41. The topological polar surface area (TPSA) is 42.0 Å². The standard InChI is InChI=1S/C13H18ClFN2OS/c1-5-6-10(17-19(18)13(2,3)4)9-7-8-16-12(14)11(9)15/h5,7-8,10,17H,1,6H2,2-4H3/t10-,19?/m1/s1. The molecule has 1 aromatic rings. The van der Waals surface area contributed by atoms with Crippen LogP contribution in [0.4, 0.5) is 4.39 Å². The van der Waals surface area contributed by atoms with Crippen LogP contribution in [0.1, 0.15) is 38.8 Å². The molecule has 106 valence electrons. The van der Waals surface area contributed by atoms with Crippen LogP contribution in [0.15, 0.2) is 24.9 Å². The summed E-state index contributed by atoms with van der Waals surface area (Å²) in [7, 11) is -1.31. The number of hydrogen-bond acceptors (Lipinski definition) is 2. The predicted octanol–water partition coefficient (Wildman–Crippen LogP) is 3.54. The van der Waals surface area contributed by atoms with Gasteiger partial charge < -0.3 is 0 Å². The van der Waals surface area contributed by atoms with E-state index < -0.39 is 27.6 Å². The van der Waals surface area contributed by atoms with Crippen LogP contribution in [0.2, 0.25) is 5.15 Å². The molecule has 1 unspecified atom stereocenters. The van der Waals surface area contributed by atoms with E-state index >= 15 is 0 Å². The third-order valence-electron chi connectivity index (χ3n) is 2.46. The van der Waals surface area contributed by atoms with Gasteiger partial charge in [0.2, 0.25) is 0 Å². The third kappa shape index (κ3) is 4.37. The van der Waals surface area contributed by atoms with Gasteiger partial charge in [0.1, 0.15) is 0 Å². The van der Waals surface area contributed by atoms with Crippen molar-refractivity contribution >= 4 is 22.6 Å². The molecule has 3 nitrogen and oxygen atoms in total. The molecule has 0 aliphatic rings. The molecule has 0 saturated carbocycles. The summed E-state index contributed by atoms with van der Waals surface area (Å²) in [6.45, 7) is 9.17. The Labute approximate surface area is 120 Å². The summed E-state index contributed by atoms with van der Waals surface area (Å²) in [6, 6.07) is 1.08. The van der Waals surface area contributed by atoms with E-state index in [9.17, 15) is 8.60 Å². The highest BCUT2D eigenvalue weighted by molar-refractivity contribution is 7.84. The van der Waals surface area contributed by atoms with Crippen molar-refractivity contribution in [1.29, 1.82) is 0 Å². The van der Waals surface area contributed by atoms with Crippen molar-refractivity contribution < 1.29 is 8.60 Å². The molecule has 1 heterocycles. The fourth-order valence-corrected chi connectivity index (χ4v) is 2.41. The Morgan fingerprint density at radius 1 is 1.63 bits per heavy atom. The van der Waals surface area contributed by atoms with E-state index in [1.807, 2.05) is 20.8 Å². The van der Waals surface area contributed by atoms with Gasteiger partial charge in [-0.15, -0.1) is 6.58 Å². The quantitative estimate of drug-likeness (QED) is 0.668. The van der Waals surface area contributed by atoms with Crippen molar-refractivity contribution in [2.45, 2.75) is 38.0 Å². The number of aromatic nitrogens is 1. The van der Waals surface area contributed by atoms with Gasteiger partial charge in [0.25, 0.3) is 0 Å². The SMILES string of the molecule is C=CC[C@@H](NS(=O)C(C)(C)C)c1ccnc(Cl)c1F. The molecule has 19 heavy (non-hydrogen) atoms. The van der Waals surface area contributed by atoms with E-state index in [4.69, 9.17) is 11.6 Å².